The molecule has 0 aromatic carbocycles. The molecule has 0 radical (unpaired) electrons. The molecule has 1 atom stereocenters. The average molecular weight is 172 g/mol. The Labute approximate surface area is 72.6 Å². The van der Waals surface area contributed by atoms with E-state index < -0.39 is 0 Å². The Hall–Kier alpha value is -1.06. The van der Waals surface area contributed by atoms with E-state index in [1.54, 1.807) is 0 Å². The van der Waals surface area contributed by atoms with Gasteiger partial charge in [-0.05, 0) is 12.8 Å². The minimum Gasteiger partial charge on any atom is -0.484 e. The Morgan fingerprint density at radius 1 is 1.67 bits per heavy atom. The van der Waals surface area contributed by atoms with E-state index in [9.17, 15) is 4.79 Å². The monoisotopic (exact) mass is 172 g/mol. The van der Waals surface area contributed by atoms with Crippen molar-refractivity contribution >= 4 is 11.8 Å². The van der Waals surface area contributed by atoms with Crippen LogP contribution in [0.25, 0.3) is 0 Å². The van der Waals surface area contributed by atoms with Crippen LogP contribution in [0.5, 0.6) is 0 Å². The van der Waals surface area contributed by atoms with Gasteiger partial charge in [-0.1, -0.05) is 6.92 Å². The molecule has 0 aromatic rings. The van der Waals surface area contributed by atoms with Crippen LogP contribution in [0.1, 0.15) is 26.2 Å². The number of carbonyl (C=O) groups excluding carboxylic acids is 1. The standard InChI is InChI=1S/C8H16N2O2/c1-6(8(10)12-2)4-3-5-7(9)11/h6,10H,3-5H2,1-2H3,(H2,9,11). The molecular formula is C8H16N2O2. The number of hydrogen-bond donors (Lipinski definition) is 2. The number of hydrogen-bond acceptors (Lipinski definition) is 3. The number of nitrogens with one attached hydrogen (secondary N) is 1. The number of carbonyl (C=O) groups is 1. The lowest BCUT2D eigenvalue weighted by Crippen LogP contribution is -2.14. The molecule has 1 amide bonds. The summed E-state index contributed by atoms with van der Waals surface area (Å²) in [4.78, 5) is 10.4. The molecule has 0 spiro atoms. The van der Waals surface area contributed by atoms with E-state index in [4.69, 9.17) is 15.9 Å². The second-order valence-corrected chi connectivity index (χ2v) is 2.83. The minimum absolute atomic E-state index is 0.0781. The summed E-state index contributed by atoms with van der Waals surface area (Å²) in [5, 5.41) is 7.29. The van der Waals surface area contributed by atoms with Crippen molar-refractivity contribution in [2.45, 2.75) is 26.2 Å². The smallest absolute Gasteiger partial charge is 0.217 e. The van der Waals surface area contributed by atoms with Gasteiger partial charge in [-0.3, -0.25) is 10.2 Å². The number of primary amides is 1. The van der Waals surface area contributed by atoms with Gasteiger partial charge in [-0.2, -0.15) is 0 Å². The van der Waals surface area contributed by atoms with E-state index in [0.717, 1.165) is 12.8 Å². The highest BCUT2D eigenvalue weighted by Gasteiger charge is 2.08. The van der Waals surface area contributed by atoms with Gasteiger partial charge in [0.05, 0.1) is 7.11 Å². The summed E-state index contributed by atoms with van der Waals surface area (Å²) in [6.07, 6.45) is 1.89. The number of methoxy groups -OCH3 is 1. The largest absolute Gasteiger partial charge is 0.484 e. The minimum atomic E-state index is -0.286. The summed E-state index contributed by atoms with van der Waals surface area (Å²) in [6.45, 7) is 1.90. The molecule has 0 fully saturated rings. The molecule has 0 saturated heterocycles. The molecule has 0 rings (SSSR count). The Balaban J connectivity index is 3.50. The average Bonchev–Trinajstić information content (AvgIpc) is 2.02. The molecule has 0 saturated carbocycles. The van der Waals surface area contributed by atoms with Crippen molar-refractivity contribution in [3.8, 4) is 0 Å². The third kappa shape index (κ3) is 4.71. The summed E-state index contributed by atoms with van der Waals surface area (Å²) >= 11 is 0. The third-order valence-electron chi connectivity index (χ3n) is 1.73. The van der Waals surface area contributed by atoms with Crippen molar-refractivity contribution in [1.29, 1.82) is 5.41 Å². The summed E-state index contributed by atoms with van der Waals surface area (Å²) in [6, 6.07) is 0. The van der Waals surface area contributed by atoms with Crippen LogP contribution < -0.4 is 5.73 Å². The van der Waals surface area contributed by atoms with Crippen LogP contribution in [0, 0.1) is 11.3 Å². The lowest BCUT2D eigenvalue weighted by molar-refractivity contribution is -0.118. The van der Waals surface area contributed by atoms with E-state index in [0.29, 0.717) is 6.42 Å². The molecule has 0 aliphatic heterocycles. The summed E-state index contributed by atoms with van der Waals surface area (Å²) in [5.74, 6) is 0.0555. The van der Waals surface area contributed by atoms with Crippen molar-refractivity contribution in [3.63, 3.8) is 0 Å². The first-order valence-electron chi connectivity index (χ1n) is 3.98. The van der Waals surface area contributed by atoms with Crippen LogP contribution in [-0.4, -0.2) is 18.9 Å². The first kappa shape index (κ1) is 10.9. The summed E-state index contributed by atoms with van der Waals surface area (Å²) < 4.78 is 4.74. The van der Waals surface area contributed by atoms with Crippen LogP contribution in [0.15, 0.2) is 0 Å². The molecular weight excluding hydrogens is 156 g/mol. The van der Waals surface area contributed by atoms with Crippen molar-refractivity contribution in [2.24, 2.45) is 11.7 Å². The molecule has 3 N–H and O–H groups in total. The van der Waals surface area contributed by atoms with Crippen LogP contribution in [-0.2, 0) is 9.53 Å². The van der Waals surface area contributed by atoms with Gasteiger partial charge in [0, 0.05) is 12.3 Å². The summed E-state index contributed by atoms with van der Waals surface area (Å²) in [7, 11) is 1.48. The van der Waals surface area contributed by atoms with E-state index in [1.165, 1.54) is 7.11 Å². The Kier molecular flexibility index (Phi) is 5.08. The van der Waals surface area contributed by atoms with Crippen molar-refractivity contribution in [3.05, 3.63) is 0 Å². The maximum absolute atomic E-state index is 10.4. The van der Waals surface area contributed by atoms with Gasteiger partial charge in [0.25, 0.3) is 0 Å². The predicted octanol–water partition coefficient (Wildman–Crippen LogP) is 0.902. The zero-order valence-corrected chi connectivity index (χ0v) is 7.59. The van der Waals surface area contributed by atoms with E-state index in [1.807, 2.05) is 6.92 Å². The van der Waals surface area contributed by atoms with Crippen LogP contribution >= 0.6 is 0 Å². The molecule has 4 heteroatoms. The molecule has 0 heterocycles. The number of rotatable bonds is 5. The van der Waals surface area contributed by atoms with E-state index in [-0.39, 0.29) is 17.7 Å². The normalized spacial score (nSPS) is 12.2. The second-order valence-electron chi connectivity index (χ2n) is 2.83. The van der Waals surface area contributed by atoms with Crippen molar-refractivity contribution in [1.82, 2.24) is 0 Å². The Morgan fingerprint density at radius 2 is 2.25 bits per heavy atom. The Morgan fingerprint density at radius 3 is 2.67 bits per heavy atom. The maximum atomic E-state index is 10.4. The lowest BCUT2D eigenvalue weighted by atomic mass is 10.0. The lowest BCUT2D eigenvalue weighted by Gasteiger charge is -2.10. The van der Waals surface area contributed by atoms with Crippen molar-refractivity contribution in [2.75, 3.05) is 7.11 Å². The Bertz CT molecular complexity index is 168. The van der Waals surface area contributed by atoms with E-state index in [2.05, 4.69) is 0 Å². The fourth-order valence-electron chi connectivity index (χ4n) is 0.915. The molecule has 0 aromatic heterocycles. The molecule has 12 heavy (non-hydrogen) atoms. The summed E-state index contributed by atoms with van der Waals surface area (Å²) in [5.41, 5.74) is 4.96. The fourth-order valence-corrected chi connectivity index (χ4v) is 0.915. The van der Waals surface area contributed by atoms with Crippen molar-refractivity contribution < 1.29 is 9.53 Å². The number of amides is 1. The SMILES string of the molecule is COC(=N)C(C)CCCC(N)=O. The molecule has 0 aliphatic rings. The van der Waals surface area contributed by atoms with Crippen LogP contribution in [0.4, 0.5) is 0 Å². The van der Waals surface area contributed by atoms with Gasteiger partial charge in [0.15, 0.2) is 5.90 Å². The fraction of sp³-hybridized carbons (Fsp3) is 0.750. The molecule has 4 nitrogen and oxygen atoms in total. The predicted molar refractivity (Wildman–Crippen MR) is 46.9 cm³/mol. The first-order chi connectivity index (χ1) is 5.57. The molecule has 70 valence electrons. The topological polar surface area (TPSA) is 76.2 Å². The molecule has 0 aliphatic carbocycles. The highest BCUT2D eigenvalue weighted by atomic mass is 16.5. The van der Waals surface area contributed by atoms with Gasteiger partial charge in [-0.15, -0.1) is 0 Å². The molecule has 1 unspecified atom stereocenters. The highest BCUT2D eigenvalue weighted by Crippen LogP contribution is 2.08. The van der Waals surface area contributed by atoms with Gasteiger partial charge in [0.2, 0.25) is 5.91 Å². The maximum Gasteiger partial charge on any atom is 0.217 e. The zero-order chi connectivity index (χ0) is 9.56. The van der Waals surface area contributed by atoms with Gasteiger partial charge in [-0.25, -0.2) is 0 Å². The van der Waals surface area contributed by atoms with Crippen LogP contribution in [0.2, 0.25) is 0 Å². The van der Waals surface area contributed by atoms with Gasteiger partial charge >= 0.3 is 0 Å². The van der Waals surface area contributed by atoms with Gasteiger partial charge < -0.3 is 10.5 Å². The van der Waals surface area contributed by atoms with E-state index >= 15 is 0 Å². The molecule has 0 bridgehead atoms. The first-order valence-corrected chi connectivity index (χ1v) is 3.98. The van der Waals surface area contributed by atoms with Gasteiger partial charge in [0.1, 0.15) is 0 Å². The van der Waals surface area contributed by atoms with Crippen LogP contribution in [0.3, 0.4) is 0 Å². The third-order valence-corrected chi connectivity index (χ3v) is 1.73. The number of ether oxygens (including phenoxy) is 1. The highest BCUT2D eigenvalue weighted by molar-refractivity contribution is 5.75. The number of nitrogens with two attached hydrogens (primary N) is 1. The zero-order valence-electron chi connectivity index (χ0n) is 7.59. The second kappa shape index (κ2) is 5.57. The quantitative estimate of drug-likeness (QED) is 0.477.